The maximum absolute atomic E-state index is 11.1. The second-order valence-corrected chi connectivity index (χ2v) is 5.96. The fraction of sp³-hybridized carbons (Fsp3) is 0.538. The first-order chi connectivity index (χ1) is 8.90. The molecule has 1 unspecified atom stereocenters. The van der Waals surface area contributed by atoms with Crippen LogP contribution in [0.3, 0.4) is 0 Å². The summed E-state index contributed by atoms with van der Waals surface area (Å²) in [5.74, 6) is -1.24. The molecule has 0 saturated carbocycles. The molecular weight excluding hydrogens is 264 g/mol. The average Bonchev–Trinajstić information content (AvgIpc) is 2.75. The summed E-state index contributed by atoms with van der Waals surface area (Å²) in [6.45, 7) is 5.00. The number of primary amides is 1. The molecule has 1 aromatic rings. The third-order valence-electron chi connectivity index (χ3n) is 2.73. The molecule has 1 rings (SSSR count). The molecule has 0 aliphatic heterocycles. The van der Waals surface area contributed by atoms with Gasteiger partial charge in [-0.1, -0.05) is 13.8 Å². The fourth-order valence-electron chi connectivity index (χ4n) is 1.81. The van der Waals surface area contributed by atoms with Gasteiger partial charge < -0.3 is 16.2 Å². The lowest BCUT2D eigenvalue weighted by molar-refractivity contribution is -0.142. The first-order valence-corrected chi connectivity index (χ1v) is 7.08. The van der Waals surface area contributed by atoms with Crippen molar-refractivity contribution in [2.45, 2.75) is 26.8 Å². The van der Waals surface area contributed by atoms with Crippen LogP contribution in [0.25, 0.3) is 0 Å². The SMILES string of the molecule is CC(C)CC(CNCc1cc(C(N)=O)cs1)C(=O)O. The van der Waals surface area contributed by atoms with Crippen molar-refractivity contribution in [1.82, 2.24) is 5.32 Å². The molecule has 1 amide bonds. The van der Waals surface area contributed by atoms with E-state index in [2.05, 4.69) is 5.32 Å². The van der Waals surface area contributed by atoms with Gasteiger partial charge in [-0.05, 0) is 18.4 Å². The van der Waals surface area contributed by atoms with E-state index in [1.807, 2.05) is 13.8 Å². The predicted octanol–water partition coefficient (Wildman–Crippen LogP) is 1.68. The second kappa shape index (κ2) is 7.25. The minimum Gasteiger partial charge on any atom is -0.481 e. The molecule has 6 heteroatoms. The van der Waals surface area contributed by atoms with E-state index in [-0.39, 0.29) is 5.92 Å². The van der Waals surface area contributed by atoms with Crippen LogP contribution in [0.4, 0.5) is 0 Å². The van der Waals surface area contributed by atoms with Gasteiger partial charge in [0.15, 0.2) is 0 Å². The van der Waals surface area contributed by atoms with Gasteiger partial charge in [-0.25, -0.2) is 0 Å². The molecule has 5 nitrogen and oxygen atoms in total. The van der Waals surface area contributed by atoms with E-state index < -0.39 is 11.9 Å². The number of thiophene rings is 1. The van der Waals surface area contributed by atoms with Gasteiger partial charge in [0.2, 0.25) is 5.91 Å². The molecule has 0 aliphatic rings. The molecule has 0 spiro atoms. The van der Waals surface area contributed by atoms with Gasteiger partial charge in [0, 0.05) is 23.3 Å². The lowest BCUT2D eigenvalue weighted by Gasteiger charge is -2.15. The zero-order chi connectivity index (χ0) is 14.4. The van der Waals surface area contributed by atoms with E-state index in [9.17, 15) is 9.59 Å². The van der Waals surface area contributed by atoms with Gasteiger partial charge in [-0.15, -0.1) is 11.3 Å². The van der Waals surface area contributed by atoms with E-state index in [0.29, 0.717) is 31.0 Å². The number of nitrogens with two attached hydrogens (primary N) is 1. The summed E-state index contributed by atoms with van der Waals surface area (Å²) in [5, 5.41) is 13.9. The fourth-order valence-corrected chi connectivity index (χ4v) is 2.66. The summed E-state index contributed by atoms with van der Waals surface area (Å²) >= 11 is 1.44. The van der Waals surface area contributed by atoms with Gasteiger partial charge in [0.1, 0.15) is 0 Å². The molecule has 1 aromatic heterocycles. The summed E-state index contributed by atoms with van der Waals surface area (Å²) in [5.41, 5.74) is 5.67. The van der Waals surface area contributed by atoms with Crippen molar-refractivity contribution in [1.29, 1.82) is 0 Å². The lowest BCUT2D eigenvalue weighted by atomic mass is 9.97. The maximum atomic E-state index is 11.1. The van der Waals surface area contributed by atoms with Crippen molar-refractivity contribution in [3.8, 4) is 0 Å². The van der Waals surface area contributed by atoms with Gasteiger partial charge >= 0.3 is 5.97 Å². The minimum atomic E-state index is -0.773. The number of amides is 1. The van der Waals surface area contributed by atoms with Crippen LogP contribution in [0.15, 0.2) is 11.4 Å². The number of rotatable bonds is 8. The van der Waals surface area contributed by atoms with Crippen LogP contribution in [0.5, 0.6) is 0 Å². The van der Waals surface area contributed by atoms with Crippen LogP contribution < -0.4 is 11.1 Å². The summed E-state index contributed by atoms with van der Waals surface area (Å²) in [7, 11) is 0. The van der Waals surface area contributed by atoms with Crippen molar-refractivity contribution in [3.05, 3.63) is 21.9 Å². The summed E-state index contributed by atoms with van der Waals surface area (Å²) < 4.78 is 0. The molecule has 0 fully saturated rings. The molecular formula is C13H20N2O3S. The number of nitrogens with one attached hydrogen (secondary N) is 1. The Kier molecular flexibility index (Phi) is 5.98. The Balaban J connectivity index is 2.42. The maximum Gasteiger partial charge on any atom is 0.307 e. The Morgan fingerprint density at radius 1 is 1.47 bits per heavy atom. The van der Waals surface area contributed by atoms with Gasteiger partial charge in [0.25, 0.3) is 0 Å². The first kappa shape index (κ1) is 15.7. The number of carbonyl (C=O) groups is 2. The van der Waals surface area contributed by atoms with E-state index in [4.69, 9.17) is 10.8 Å². The Morgan fingerprint density at radius 2 is 2.16 bits per heavy atom. The Hall–Kier alpha value is -1.40. The Morgan fingerprint density at radius 3 is 2.63 bits per heavy atom. The average molecular weight is 284 g/mol. The standard InChI is InChI=1S/C13H20N2O3S/c1-8(2)3-9(13(17)18)5-15-6-11-4-10(7-19-11)12(14)16/h4,7-9,15H,3,5-6H2,1-2H3,(H2,14,16)(H,17,18). The Bertz CT molecular complexity index is 443. The molecule has 0 aliphatic carbocycles. The molecule has 0 bridgehead atoms. The van der Waals surface area contributed by atoms with Crippen LogP contribution in [0.2, 0.25) is 0 Å². The van der Waals surface area contributed by atoms with Crippen LogP contribution in [-0.4, -0.2) is 23.5 Å². The van der Waals surface area contributed by atoms with E-state index in [1.165, 1.54) is 11.3 Å². The molecule has 19 heavy (non-hydrogen) atoms. The van der Waals surface area contributed by atoms with Crippen LogP contribution in [-0.2, 0) is 11.3 Å². The minimum absolute atomic E-state index is 0.353. The number of carbonyl (C=O) groups excluding carboxylic acids is 1. The Labute approximate surface area is 116 Å². The number of carboxylic acids is 1. The van der Waals surface area contributed by atoms with Crippen LogP contribution in [0, 0.1) is 11.8 Å². The third-order valence-corrected chi connectivity index (χ3v) is 3.67. The van der Waals surface area contributed by atoms with E-state index in [0.717, 1.165) is 4.88 Å². The number of hydrogen-bond acceptors (Lipinski definition) is 4. The second-order valence-electron chi connectivity index (χ2n) is 4.96. The number of carboxylic acid groups (broad SMARTS) is 1. The van der Waals surface area contributed by atoms with Crippen molar-refractivity contribution in [2.24, 2.45) is 17.6 Å². The highest BCUT2D eigenvalue weighted by molar-refractivity contribution is 7.10. The van der Waals surface area contributed by atoms with E-state index in [1.54, 1.807) is 11.4 Å². The molecule has 4 N–H and O–H groups in total. The molecule has 0 radical (unpaired) electrons. The third kappa shape index (κ3) is 5.40. The molecule has 0 saturated heterocycles. The summed E-state index contributed by atoms with van der Waals surface area (Å²) in [4.78, 5) is 23.0. The smallest absolute Gasteiger partial charge is 0.307 e. The zero-order valence-corrected chi connectivity index (χ0v) is 12.0. The monoisotopic (exact) mass is 284 g/mol. The molecule has 1 atom stereocenters. The largest absolute Gasteiger partial charge is 0.481 e. The number of aliphatic carboxylic acids is 1. The summed E-state index contributed by atoms with van der Waals surface area (Å²) in [6, 6.07) is 1.73. The quantitative estimate of drug-likeness (QED) is 0.677. The van der Waals surface area contributed by atoms with Gasteiger partial charge in [-0.2, -0.15) is 0 Å². The van der Waals surface area contributed by atoms with Gasteiger partial charge in [0.05, 0.1) is 11.5 Å². The normalized spacial score (nSPS) is 12.6. The highest BCUT2D eigenvalue weighted by Crippen LogP contribution is 2.15. The van der Waals surface area contributed by atoms with Crippen molar-refractivity contribution >= 4 is 23.2 Å². The molecule has 0 aromatic carbocycles. The van der Waals surface area contributed by atoms with Gasteiger partial charge in [-0.3, -0.25) is 9.59 Å². The topological polar surface area (TPSA) is 92.4 Å². The number of hydrogen-bond donors (Lipinski definition) is 3. The van der Waals surface area contributed by atoms with Crippen molar-refractivity contribution < 1.29 is 14.7 Å². The molecule has 106 valence electrons. The van der Waals surface area contributed by atoms with E-state index >= 15 is 0 Å². The summed E-state index contributed by atoms with van der Waals surface area (Å²) in [6.07, 6.45) is 0.652. The van der Waals surface area contributed by atoms with Crippen LogP contribution >= 0.6 is 11.3 Å². The van der Waals surface area contributed by atoms with Crippen molar-refractivity contribution in [3.63, 3.8) is 0 Å². The van der Waals surface area contributed by atoms with Crippen LogP contribution in [0.1, 0.15) is 35.5 Å². The zero-order valence-electron chi connectivity index (χ0n) is 11.2. The van der Waals surface area contributed by atoms with Crippen molar-refractivity contribution in [2.75, 3.05) is 6.54 Å². The predicted molar refractivity (Wildman–Crippen MR) is 75.1 cm³/mol. The highest BCUT2D eigenvalue weighted by Gasteiger charge is 2.18. The lowest BCUT2D eigenvalue weighted by Crippen LogP contribution is -2.29. The first-order valence-electron chi connectivity index (χ1n) is 6.21. The highest BCUT2D eigenvalue weighted by atomic mass is 32.1. The molecule has 1 heterocycles.